The summed E-state index contributed by atoms with van der Waals surface area (Å²) in [5, 5.41) is 12.7. The number of aryl methyl sites for hydroxylation is 1. The van der Waals surface area contributed by atoms with Gasteiger partial charge in [-0.15, -0.1) is 0 Å². The third-order valence-corrected chi connectivity index (χ3v) is 8.34. The lowest BCUT2D eigenvalue weighted by atomic mass is 10.0. The van der Waals surface area contributed by atoms with E-state index in [1.807, 2.05) is 4.90 Å². The first kappa shape index (κ1) is 23.0. The Labute approximate surface area is 203 Å². The van der Waals surface area contributed by atoms with E-state index in [-0.39, 0.29) is 11.8 Å². The lowest BCUT2D eigenvalue weighted by molar-refractivity contribution is -0.130. The minimum absolute atomic E-state index is 0.157. The fourth-order valence-electron chi connectivity index (χ4n) is 6.07. The number of likely N-dealkylation sites (tertiary alicyclic amines) is 1. The number of fused-ring (bicyclic) bond motifs is 1. The molecule has 6 nitrogen and oxygen atoms in total. The van der Waals surface area contributed by atoms with Crippen molar-refractivity contribution in [3.63, 3.8) is 0 Å². The molecule has 3 fully saturated rings. The van der Waals surface area contributed by atoms with Gasteiger partial charge in [-0.2, -0.15) is 5.26 Å². The van der Waals surface area contributed by atoms with Gasteiger partial charge in [0.1, 0.15) is 0 Å². The zero-order valence-corrected chi connectivity index (χ0v) is 20.6. The summed E-state index contributed by atoms with van der Waals surface area (Å²) >= 11 is 0. The van der Waals surface area contributed by atoms with Crippen LogP contribution in [0.2, 0.25) is 0 Å². The summed E-state index contributed by atoms with van der Waals surface area (Å²) in [5.41, 5.74) is 7.74. The minimum atomic E-state index is 0.157. The molecule has 2 aliphatic heterocycles. The third-order valence-electron chi connectivity index (χ3n) is 8.34. The van der Waals surface area contributed by atoms with Gasteiger partial charge < -0.3 is 15.1 Å². The molecular formula is C28H37N5O. The number of amides is 1. The fourth-order valence-corrected chi connectivity index (χ4v) is 6.07. The Morgan fingerprint density at radius 3 is 2.74 bits per heavy atom. The van der Waals surface area contributed by atoms with Crippen LogP contribution in [0.15, 0.2) is 41.6 Å². The van der Waals surface area contributed by atoms with E-state index in [9.17, 15) is 10.1 Å². The molecule has 0 bridgehead atoms. The first-order chi connectivity index (χ1) is 16.4. The Morgan fingerprint density at radius 1 is 1.21 bits per heavy atom. The fraction of sp³-hybridized carbons (Fsp3) is 0.571. The number of carbonyl (C=O) groups excluding carboxylic acids is 1. The molecule has 4 aliphatic rings. The molecule has 1 amide bonds. The smallest absolute Gasteiger partial charge is 0.241 e. The van der Waals surface area contributed by atoms with Crippen LogP contribution >= 0.6 is 0 Å². The van der Waals surface area contributed by atoms with Crippen molar-refractivity contribution in [3.8, 4) is 6.07 Å². The molecule has 34 heavy (non-hydrogen) atoms. The quantitative estimate of drug-likeness (QED) is 0.678. The highest BCUT2D eigenvalue weighted by Gasteiger charge is 2.47. The van der Waals surface area contributed by atoms with Crippen molar-refractivity contribution < 1.29 is 4.79 Å². The van der Waals surface area contributed by atoms with E-state index in [0.29, 0.717) is 12.5 Å². The molecule has 0 spiro atoms. The Balaban J connectivity index is 1.14. The number of allylic oxidation sites excluding steroid dienone is 1. The number of nitriles is 1. The summed E-state index contributed by atoms with van der Waals surface area (Å²) in [5.74, 6) is 1.70. The Morgan fingerprint density at radius 2 is 2.00 bits per heavy atom. The largest absolute Gasteiger partial charge is 0.379 e. The summed E-state index contributed by atoms with van der Waals surface area (Å²) in [6.07, 6.45) is 3.27. The lowest BCUT2D eigenvalue weighted by Gasteiger charge is -2.37. The lowest BCUT2D eigenvalue weighted by Crippen LogP contribution is -2.51. The third kappa shape index (κ3) is 4.59. The van der Waals surface area contributed by atoms with Crippen molar-refractivity contribution in [1.82, 2.24) is 15.1 Å². The van der Waals surface area contributed by atoms with Gasteiger partial charge in [-0.3, -0.25) is 9.69 Å². The van der Waals surface area contributed by atoms with E-state index < -0.39 is 0 Å². The van der Waals surface area contributed by atoms with Gasteiger partial charge in [0.2, 0.25) is 5.91 Å². The molecule has 0 unspecified atom stereocenters. The van der Waals surface area contributed by atoms with Gasteiger partial charge >= 0.3 is 0 Å². The second kappa shape index (κ2) is 9.46. The van der Waals surface area contributed by atoms with Gasteiger partial charge in [0.05, 0.1) is 18.5 Å². The van der Waals surface area contributed by atoms with E-state index in [0.717, 1.165) is 64.6 Å². The molecule has 1 aromatic rings. The van der Waals surface area contributed by atoms with Crippen LogP contribution in [0.25, 0.3) is 0 Å². The Hall–Kier alpha value is -2.78. The second-order valence-corrected chi connectivity index (χ2v) is 10.6. The SMILES string of the molecule is C=C(CN1CC[C@@H](C#N)C1)C1=C(NCC(=O)N2CCN(c3cccc(C)c3C)CC2)C[C@H]2C[C@@H]12. The van der Waals surface area contributed by atoms with E-state index >= 15 is 0 Å². The first-order valence-corrected chi connectivity index (χ1v) is 12.8. The minimum Gasteiger partial charge on any atom is -0.379 e. The standard InChI is InChI=1S/C28H37N5O/c1-19-5-4-6-26(21(19)3)32-9-11-33(12-10-32)27(34)16-30-25-14-23-13-24(23)28(25)20(2)17-31-8-7-22(15-29)18-31/h4-6,22-24,30H,2,7-14,16-18H2,1,3H3/t22-,23+,24+/m0/s1. The highest BCUT2D eigenvalue weighted by Crippen LogP contribution is 2.56. The summed E-state index contributed by atoms with van der Waals surface area (Å²) in [6.45, 7) is 15.1. The number of benzene rings is 1. The van der Waals surface area contributed by atoms with Gasteiger partial charge in [-0.25, -0.2) is 0 Å². The van der Waals surface area contributed by atoms with Crippen molar-refractivity contribution in [2.24, 2.45) is 17.8 Å². The Kier molecular flexibility index (Phi) is 6.40. The van der Waals surface area contributed by atoms with Gasteiger partial charge in [-0.05, 0) is 79.8 Å². The highest BCUT2D eigenvalue weighted by molar-refractivity contribution is 5.79. The number of hydrogen-bond donors (Lipinski definition) is 1. The van der Waals surface area contributed by atoms with Crippen LogP contribution in [0.5, 0.6) is 0 Å². The maximum absolute atomic E-state index is 13.0. The Bertz CT molecular complexity index is 1050. The van der Waals surface area contributed by atoms with E-state index in [2.05, 4.69) is 59.8 Å². The summed E-state index contributed by atoms with van der Waals surface area (Å²) in [4.78, 5) is 19.8. The predicted molar refractivity (Wildman–Crippen MR) is 135 cm³/mol. The number of nitrogens with one attached hydrogen (secondary N) is 1. The molecule has 180 valence electrons. The molecule has 2 heterocycles. The normalized spacial score (nSPS) is 26.4. The molecular weight excluding hydrogens is 422 g/mol. The molecule has 0 radical (unpaired) electrons. The average Bonchev–Trinajstić information content (AvgIpc) is 3.27. The maximum atomic E-state index is 13.0. The molecule has 6 heteroatoms. The van der Waals surface area contributed by atoms with E-state index in [4.69, 9.17) is 0 Å². The van der Waals surface area contributed by atoms with Crippen molar-refractivity contribution in [3.05, 3.63) is 52.7 Å². The zero-order chi connectivity index (χ0) is 23.8. The zero-order valence-electron chi connectivity index (χ0n) is 20.6. The van der Waals surface area contributed by atoms with Gasteiger partial charge in [0.25, 0.3) is 0 Å². The van der Waals surface area contributed by atoms with Crippen LogP contribution in [0.3, 0.4) is 0 Å². The first-order valence-electron chi connectivity index (χ1n) is 12.8. The van der Waals surface area contributed by atoms with Gasteiger partial charge in [-0.1, -0.05) is 18.7 Å². The molecule has 1 aromatic carbocycles. The van der Waals surface area contributed by atoms with Crippen LogP contribution in [0.1, 0.15) is 30.4 Å². The highest BCUT2D eigenvalue weighted by atomic mass is 16.2. The molecule has 0 aromatic heterocycles. The van der Waals surface area contributed by atoms with Crippen molar-refractivity contribution in [1.29, 1.82) is 5.26 Å². The van der Waals surface area contributed by atoms with E-state index in [1.165, 1.54) is 40.1 Å². The van der Waals surface area contributed by atoms with Crippen LogP contribution in [0, 0.1) is 42.9 Å². The number of carbonyl (C=O) groups is 1. The number of rotatable bonds is 7. The monoisotopic (exact) mass is 459 g/mol. The summed E-state index contributed by atoms with van der Waals surface area (Å²) < 4.78 is 0. The number of nitrogens with zero attached hydrogens (tertiary/aromatic N) is 4. The molecule has 1 N–H and O–H groups in total. The number of hydrogen-bond acceptors (Lipinski definition) is 5. The summed E-state index contributed by atoms with van der Waals surface area (Å²) in [7, 11) is 0. The van der Waals surface area contributed by atoms with E-state index in [1.54, 1.807) is 0 Å². The van der Waals surface area contributed by atoms with Gasteiger partial charge in [0.15, 0.2) is 0 Å². The average molecular weight is 460 g/mol. The number of piperazine rings is 1. The van der Waals surface area contributed by atoms with Crippen molar-refractivity contribution in [2.75, 3.05) is 57.3 Å². The summed E-state index contributed by atoms with van der Waals surface area (Å²) in [6, 6.07) is 8.87. The van der Waals surface area contributed by atoms with Crippen molar-refractivity contribution in [2.45, 2.75) is 33.1 Å². The molecule has 2 saturated heterocycles. The maximum Gasteiger partial charge on any atom is 0.241 e. The van der Waals surface area contributed by atoms with Crippen LogP contribution in [-0.4, -0.2) is 68.1 Å². The molecule has 2 aliphatic carbocycles. The van der Waals surface area contributed by atoms with Crippen molar-refractivity contribution >= 4 is 11.6 Å². The predicted octanol–water partition coefficient (Wildman–Crippen LogP) is 3.24. The molecule has 5 rings (SSSR count). The van der Waals surface area contributed by atoms with Crippen LogP contribution in [0.4, 0.5) is 5.69 Å². The van der Waals surface area contributed by atoms with Crippen LogP contribution in [-0.2, 0) is 4.79 Å². The second-order valence-electron chi connectivity index (χ2n) is 10.6. The molecule has 1 saturated carbocycles. The van der Waals surface area contributed by atoms with Gasteiger partial charge in [0, 0.05) is 50.7 Å². The topological polar surface area (TPSA) is 62.6 Å². The molecule has 3 atom stereocenters. The van der Waals surface area contributed by atoms with Crippen LogP contribution < -0.4 is 10.2 Å². The number of anilines is 1.